The Morgan fingerprint density at radius 2 is 1.81 bits per heavy atom. The maximum atomic E-state index is 9.70. The SMILES string of the molecule is Cl.N[C@H](CCO)c1c(Br)cc(Br)c(O)c1Br. The molecule has 1 aromatic carbocycles. The summed E-state index contributed by atoms with van der Waals surface area (Å²) in [6, 6.07) is 1.41. The number of hydrogen-bond acceptors (Lipinski definition) is 3. The van der Waals surface area contributed by atoms with E-state index in [1.165, 1.54) is 0 Å². The van der Waals surface area contributed by atoms with Gasteiger partial charge in [-0.05, 0) is 44.3 Å². The number of phenols is 1. The van der Waals surface area contributed by atoms with Crippen molar-refractivity contribution in [2.24, 2.45) is 5.73 Å². The van der Waals surface area contributed by atoms with Gasteiger partial charge in [0, 0.05) is 22.7 Å². The third-order valence-corrected chi connectivity index (χ3v) is 4.06. The van der Waals surface area contributed by atoms with E-state index in [9.17, 15) is 5.11 Å². The lowest BCUT2D eigenvalue weighted by molar-refractivity contribution is 0.276. The summed E-state index contributed by atoms with van der Waals surface area (Å²) in [5.41, 5.74) is 6.63. The molecule has 0 aliphatic carbocycles. The summed E-state index contributed by atoms with van der Waals surface area (Å²) in [5, 5.41) is 18.5. The van der Waals surface area contributed by atoms with Crippen molar-refractivity contribution in [2.75, 3.05) is 6.61 Å². The predicted molar refractivity (Wildman–Crippen MR) is 77.1 cm³/mol. The smallest absolute Gasteiger partial charge is 0.144 e. The number of aliphatic hydroxyl groups excluding tert-OH is 1. The number of halogens is 4. The minimum Gasteiger partial charge on any atom is -0.506 e. The van der Waals surface area contributed by atoms with Gasteiger partial charge in [0.05, 0.1) is 8.95 Å². The maximum absolute atomic E-state index is 9.70. The summed E-state index contributed by atoms with van der Waals surface area (Å²) in [7, 11) is 0. The van der Waals surface area contributed by atoms with Gasteiger partial charge in [-0.1, -0.05) is 15.9 Å². The zero-order valence-electron chi connectivity index (χ0n) is 8.08. The number of phenolic OH excluding ortho intramolecular Hbond substituents is 1. The molecule has 1 atom stereocenters. The lowest BCUT2D eigenvalue weighted by Crippen LogP contribution is -2.13. The number of aromatic hydroxyl groups is 1. The molecule has 3 nitrogen and oxygen atoms in total. The van der Waals surface area contributed by atoms with E-state index in [1.54, 1.807) is 6.07 Å². The highest BCUT2D eigenvalue weighted by Gasteiger charge is 2.18. The first kappa shape index (κ1) is 16.7. The zero-order chi connectivity index (χ0) is 11.6. The summed E-state index contributed by atoms with van der Waals surface area (Å²) < 4.78 is 1.92. The van der Waals surface area contributed by atoms with Crippen molar-refractivity contribution in [2.45, 2.75) is 12.5 Å². The lowest BCUT2D eigenvalue weighted by Gasteiger charge is -2.16. The normalized spacial score (nSPS) is 12.1. The molecule has 92 valence electrons. The fraction of sp³-hybridized carbons (Fsp3) is 0.333. The largest absolute Gasteiger partial charge is 0.506 e. The van der Waals surface area contributed by atoms with Crippen LogP contribution >= 0.6 is 60.2 Å². The van der Waals surface area contributed by atoms with Gasteiger partial charge in [-0.3, -0.25) is 0 Å². The molecule has 0 saturated heterocycles. The number of rotatable bonds is 3. The fourth-order valence-corrected chi connectivity index (χ4v) is 3.93. The third-order valence-electron chi connectivity index (χ3n) is 1.99. The Balaban J connectivity index is 0.00000225. The molecule has 1 rings (SSSR count). The summed E-state index contributed by atoms with van der Waals surface area (Å²) in [6.07, 6.45) is 0.443. The van der Waals surface area contributed by atoms with E-state index in [4.69, 9.17) is 10.8 Å². The Morgan fingerprint density at radius 3 is 2.31 bits per heavy atom. The number of hydrogen-bond donors (Lipinski definition) is 3. The van der Waals surface area contributed by atoms with E-state index in [-0.39, 0.29) is 30.8 Å². The van der Waals surface area contributed by atoms with Gasteiger partial charge in [0.15, 0.2) is 0 Å². The highest BCUT2D eigenvalue weighted by Crippen LogP contribution is 2.42. The molecule has 1 aromatic rings. The molecule has 7 heteroatoms. The second kappa shape index (κ2) is 7.18. The maximum Gasteiger partial charge on any atom is 0.144 e. The molecule has 0 fully saturated rings. The minimum absolute atomic E-state index is 0. The van der Waals surface area contributed by atoms with E-state index in [0.717, 1.165) is 10.0 Å². The van der Waals surface area contributed by atoms with Crippen LogP contribution in [0.1, 0.15) is 18.0 Å². The molecule has 0 amide bonds. The Hall–Kier alpha value is 0.670. The molecule has 0 aliphatic heterocycles. The van der Waals surface area contributed by atoms with E-state index >= 15 is 0 Å². The van der Waals surface area contributed by atoms with Gasteiger partial charge >= 0.3 is 0 Å². The second-order valence-electron chi connectivity index (χ2n) is 3.04. The zero-order valence-corrected chi connectivity index (χ0v) is 13.7. The monoisotopic (exact) mass is 437 g/mol. The van der Waals surface area contributed by atoms with Crippen LogP contribution in [0.3, 0.4) is 0 Å². The first-order valence-electron chi connectivity index (χ1n) is 4.21. The first-order valence-corrected chi connectivity index (χ1v) is 6.59. The summed E-state index contributed by atoms with van der Waals surface area (Å²) >= 11 is 9.87. The average molecular weight is 440 g/mol. The van der Waals surface area contributed by atoms with Crippen LogP contribution in [0.15, 0.2) is 19.5 Å². The van der Waals surface area contributed by atoms with Crippen LogP contribution in [0.5, 0.6) is 5.75 Å². The molecule has 0 aromatic heterocycles. The molecule has 0 aliphatic rings. The summed E-state index contributed by atoms with van der Waals surface area (Å²) in [5.74, 6) is 0.113. The summed E-state index contributed by atoms with van der Waals surface area (Å²) in [6.45, 7) is 0.0108. The van der Waals surface area contributed by atoms with Crippen molar-refractivity contribution in [3.05, 3.63) is 25.0 Å². The number of aliphatic hydroxyl groups is 1. The molecule has 0 heterocycles. The van der Waals surface area contributed by atoms with Crippen molar-refractivity contribution in [1.29, 1.82) is 0 Å². The van der Waals surface area contributed by atoms with Crippen molar-refractivity contribution in [3.63, 3.8) is 0 Å². The second-order valence-corrected chi connectivity index (χ2v) is 5.54. The molecule has 0 bridgehead atoms. The summed E-state index contributed by atoms with van der Waals surface area (Å²) in [4.78, 5) is 0. The van der Waals surface area contributed by atoms with Crippen molar-refractivity contribution < 1.29 is 10.2 Å². The van der Waals surface area contributed by atoms with Gasteiger partial charge in [0.1, 0.15) is 5.75 Å². The van der Waals surface area contributed by atoms with Crippen molar-refractivity contribution in [3.8, 4) is 5.75 Å². The molecular formula is C9H11Br3ClNO2. The Labute approximate surface area is 125 Å². The van der Waals surface area contributed by atoms with E-state index in [0.29, 0.717) is 15.4 Å². The van der Waals surface area contributed by atoms with Gasteiger partial charge in [0.2, 0.25) is 0 Å². The molecule has 0 radical (unpaired) electrons. The molecule has 0 saturated carbocycles. The van der Waals surface area contributed by atoms with E-state index in [1.807, 2.05) is 0 Å². The number of benzene rings is 1. The van der Waals surface area contributed by atoms with Gasteiger partial charge in [0.25, 0.3) is 0 Å². The molecule has 4 N–H and O–H groups in total. The van der Waals surface area contributed by atoms with Crippen molar-refractivity contribution in [1.82, 2.24) is 0 Å². The molecule has 0 spiro atoms. The van der Waals surface area contributed by atoms with Crippen LogP contribution < -0.4 is 5.73 Å². The van der Waals surface area contributed by atoms with Crippen LogP contribution in [-0.2, 0) is 0 Å². The first-order chi connectivity index (χ1) is 6.99. The van der Waals surface area contributed by atoms with Crippen LogP contribution in [0.25, 0.3) is 0 Å². The Morgan fingerprint density at radius 1 is 1.25 bits per heavy atom. The van der Waals surface area contributed by atoms with Crippen LogP contribution in [0, 0.1) is 0 Å². The van der Waals surface area contributed by atoms with Crippen LogP contribution in [-0.4, -0.2) is 16.8 Å². The van der Waals surface area contributed by atoms with Crippen LogP contribution in [0.2, 0.25) is 0 Å². The third kappa shape index (κ3) is 3.58. The molecule has 16 heavy (non-hydrogen) atoms. The van der Waals surface area contributed by atoms with Crippen LogP contribution in [0.4, 0.5) is 0 Å². The highest BCUT2D eigenvalue weighted by atomic mass is 79.9. The average Bonchev–Trinajstić information content (AvgIpc) is 2.15. The van der Waals surface area contributed by atoms with E-state index < -0.39 is 0 Å². The standard InChI is InChI=1S/C9H10Br3NO2.ClH/c10-4-3-5(11)9(15)8(12)7(4)6(13)1-2-14;/h3,6,14-15H,1-2,13H2;1H/t6-;/m1./s1. The van der Waals surface area contributed by atoms with Gasteiger partial charge in [-0.2, -0.15) is 0 Å². The highest BCUT2D eigenvalue weighted by molar-refractivity contribution is 9.11. The number of nitrogens with two attached hydrogens (primary N) is 1. The lowest BCUT2D eigenvalue weighted by atomic mass is 10.0. The predicted octanol–water partition coefficient (Wildman–Crippen LogP) is 3.48. The van der Waals surface area contributed by atoms with E-state index in [2.05, 4.69) is 47.8 Å². The van der Waals surface area contributed by atoms with Gasteiger partial charge in [-0.25, -0.2) is 0 Å². The minimum atomic E-state index is -0.322. The Bertz CT molecular complexity index is 376. The van der Waals surface area contributed by atoms with Gasteiger partial charge < -0.3 is 15.9 Å². The van der Waals surface area contributed by atoms with Crippen molar-refractivity contribution >= 4 is 60.2 Å². The Kier molecular flexibility index (Phi) is 7.48. The fourth-order valence-electron chi connectivity index (χ4n) is 1.22. The van der Waals surface area contributed by atoms with Gasteiger partial charge in [-0.15, -0.1) is 12.4 Å². The molecule has 0 unspecified atom stereocenters. The topological polar surface area (TPSA) is 66.5 Å². The molecular weight excluding hydrogens is 429 g/mol. The quantitative estimate of drug-likeness (QED) is 0.675.